The molecular formula is C16H30N2O. The van der Waals surface area contributed by atoms with Crippen LogP contribution in [0.1, 0.15) is 46.5 Å². The summed E-state index contributed by atoms with van der Waals surface area (Å²) in [6, 6.07) is 0.347. The van der Waals surface area contributed by atoms with Crippen LogP contribution in [-0.4, -0.2) is 53.9 Å². The maximum Gasteiger partial charge on any atom is 0.0757 e. The van der Waals surface area contributed by atoms with Crippen molar-refractivity contribution in [2.45, 2.75) is 64.8 Å². The minimum Gasteiger partial charge on any atom is -0.391 e. The van der Waals surface area contributed by atoms with Gasteiger partial charge in [0.1, 0.15) is 0 Å². The van der Waals surface area contributed by atoms with E-state index in [9.17, 15) is 5.11 Å². The molecular weight excluding hydrogens is 236 g/mol. The number of rotatable bonds is 2. The highest BCUT2D eigenvalue weighted by Gasteiger charge is 2.67. The summed E-state index contributed by atoms with van der Waals surface area (Å²) in [5.74, 6) is 0.645. The number of aliphatic hydroxyl groups is 1. The van der Waals surface area contributed by atoms with Crippen LogP contribution < -0.4 is 0 Å². The molecule has 19 heavy (non-hydrogen) atoms. The van der Waals surface area contributed by atoms with Crippen molar-refractivity contribution in [2.24, 2.45) is 16.7 Å². The summed E-state index contributed by atoms with van der Waals surface area (Å²) >= 11 is 0. The van der Waals surface area contributed by atoms with Crippen molar-refractivity contribution >= 4 is 0 Å². The van der Waals surface area contributed by atoms with Crippen molar-refractivity contribution in [3.63, 3.8) is 0 Å². The van der Waals surface area contributed by atoms with Crippen molar-refractivity contribution in [1.82, 2.24) is 9.80 Å². The Morgan fingerprint density at radius 2 is 1.89 bits per heavy atom. The average molecular weight is 266 g/mol. The van der Waals surface area contributed by atoms with Gasteiger partial charge in [-0.1, -0.05) is 20.8 Å². The van der Waals surface area contributed by atoms with Crippen LogP contribution in [0.15, 0.2) is 0 Å². The van der Waals surface area contributed by atoms with Gasteiger partial charge in [-0.2, -0.15) is 0 Å². The van der Waals surface area contributed by atoms with Gasteiger partial charge in [-0.05, 0) is 57.7 Å². The molecule has 0 aromatic heterocycles. The molecule has 1 saturated heterocycles. The minimum atomic E-state index is -0.166. The van der Waals surface area contributed by atoms with E-state index in [4.69, 9.17) is 0 Å². The highest BCUT2D eigenvalue weighted by Crippen LogP contribution is 2.66. The van der Waals surface area contributed by atoms with Crippen LogP contribution in [0.4, 0.5) is 0 Å². The second kappa shape index (κ2) is 4.19. The zero-order valence-electron chi connectivity index (χ0n) is 13.2. The Labute approximate surface area is 118 Å². The van der Waals surface area contributed by atoms with Gasteiger partial charge in [0.25, 0.3) is 0 Å². The Hall–Kier alpha value is -0.120. The second-order valence-electron chi connectivity index (χ2n) is 7.99. The fraction of sp³-hybridized carbons (Fsp3) is 1.00. The lowest BCUT2D eigenvalue weighted by Gasteiger charge is -2.42. The molecule has 2 bridgehead atoms. The third-order valence-corrected chi connectivity index (χ3v) is 7.18. The molecule has 110 valence electrons. The van der Waals surface area contributed by atoms with Gasteiger partial charge >= 0.3 is 0 Å². The van der Waals surface area contributed by atoms with E-state index in [1.54, 1.807) is 0 Å². The normalized spacial score (nSPS) is 49.4. The summed E-state index contributed by atoms with van der Waals surface area (Å²) in [4.78, 5) is 4.95. The molecule has 3 aliphatic rings. The first kappa shape index (κ1) is 13.8. The maximum absolute atomic E-state index is 10.9. The molecule has 1 aliphatic heterocycles. The molecule has 0 amide bonds. The Morgan fingerprint density at radius 1 is 1.21 bits per heavy atom. The number of aliphatic hydroxyl groups excluding tert-OH is 1. The van der Waals surface area contributed by atoms with Gasteiger partial charge in [-0.15, -0.1) is 0 Å². The van der Waals surface area contributed by atoms with Crippen molar-refractivity contribution < 1.29 is 5.11 Å². The quantitative estimate of drug-likeness (QED) is 0.829. The van der Waals surface area contributed by atoms with E-state index in [2.05, 4.69) is 44.7 Å². The molecule has 1 heterocycles. The van der Waals surface area contributed by atoms with Crippen LogP contribution in [-0.2, 0) is 0 Å². The monoisotopic (exact) mass is 266 g/mol. The highest BCUT2D eigenvalue weighted by atomic mass is 16.3. The third-order valence-electron chi connectivity index (χ3n) is 7.18. The number of likely N-dealkylation sites (tertiary alicyclic amines) is 1. The summed E-state index contributed by atoms with van der Waals surface area (Å²) in [5.41, 5.74) is 0.371. The van der Waals surface area contributed by atoms with Crippen LogP contribution in [0.5, 0.6) is 0 Å². The van der Waals surface area contributed by atoms with Gasteiger partial charge < -0.3 is 5.11 Å². The molecule has 3 rings (SSSR count). The molecule has 5 atom stereocenters. The molecule has 3 fully saturated rings. The molecule has 0 aromatic rings. The molecule has 0 radical (unpaired) electrons. The van der Waals surface area contributed by atoms with E-state index in [0.717, 1.165) is 0 Å². The van der Waals surface area contributed by atoms with Gasteiger partial charge in [-0.25, -0.2) is 0 Å². The van der Waals surface area contributed by atoms with E-state index in [0.29, 0.717) is 18.1 Å². The summed E-state index contributed by atoms with van der Waals surface area (Å²) in [6.07, 6.45) is 5.38. The van der Waals surface area contributed by atoms with Crippen LogP contribution in [0.2, 0.25) is 0 Å². The minimum absolute atomic E-state index is 0.105. The lowest BCUT2D eigenvalue weighted by atomic mass is 9.70. The van der Waals surface area contributed by atoms with E-state index >= 15 is 0 Å². The zero-order valence-corrected chi connectivity index (χ0v) is 13.2. The number of fused-ring (bicyclic) bond motifs is 2. The van der Waals surface area contributed by atoms with Crippen LogP contribution in [0.25, 0.3) is 0 Å². The van der Waals surface area contributed by atoms with E-state index in [1.165, 1.54) is 32.2 Å². The summed E-state index contributed by atoms with van der Waals surface area (Å²) < 4.78 is 0. The predicted octanol–water partition coefficient (Wildman–Crippen LogP) is 2.16. The second-order valence-corrected chi connectivity index (χ2v) is 7.99. The van der Waals surface area contributed by atoms with Gasteiger partial charge in [0.2, 0.25) is 0 Å². The maximum atomic E-state index is 10.9. The van der Waals surface area contributed by atoms with E-state index in [1.807, 2.05) is 0 Å². The Morgan fingerprint density at radius 3 is 2.37 bits per heavy atom. The molecule has 3 nitrogen and oxygen atoms in total. The van der Waals surface area contributed by atoms with E-state index in [-0.39, 0.29) is 16.9 Å². The lowest BCUT2D eigenvalue weighted by Crippen LogP contribution is -2.54. The Kier molecular flexibility index (Phi) is 3.05. The third kappa shape index (κ3) is 1.61. The number of hydrogen-bond donors (Lipinski definition) is 1. The summed E-state index contributed by atoms with van der Waals surface area (Å²) in [7, 11) is 4.46. The van der Waals surface area contributed by atoms with Gasteiger partial charge in [-0.3, -0.25) is 9.80 Å². The molecule has 1 N–H and O–H groups in total. The molecule has 0 spiro atoms. The Balaban J connectivity index is 1.86. The van der Waals surface area contributed by atoms with Gasteiger partial charge in [0.05, 0.1) is 12.3 Å². The molecule has 2 aliphatic carbocycles. The summed E-state index contributed by atoms with van der Waals surface area (Å²) in [6.45, 7) is 8.26. The van der Waals surface area contributed by atoms with Crippen LogP contribution in [0, 0.1) is 16.7 Å². The number of nitrogens with zero attached hydrogens (tertiary/aromatic N) is 2. The first-order valence-corrected chi connectivity index (χ1v) is 7.91. The van der Waals surface area contributed by atoms with Gasteiger partial charge in [0.15, 0.2) is 0 Å². The largest absolute Gasteiger partial charge is 0.391 e. The summed E-state index contributed by atoms with van der Waals surface area (Å²) in [5, 5.41) is 10.9. The van der Waals surface area contributed by atoms with Crippen molar-refractivity contribution in [3.05, 3.63) is 0 Å². The molecule has 2 saturated carbocycles. The van der Waals surface area contributed by atoms with Crippen molar-refractivity contribution in [3.8, 4) is 0 Å². The average Bonchev–Trinajstić information content (AvgIpc) is 2.89. The Bertz CT molecular complexity index is 370. The van der Waals surface area contributed by atoms with Crippen LogP contribution >= 0.6 is 0 Å². The first-order chi connectivity index (χ1) is 8.80. The smallest absolute Gasteiger partial charge is 0.0757 e. The molecule has 0 aromatic carbocycles. The number of hydrogen-bond acceptors (Lipinski definition) is 3. The number of likely N-dealkylation sites (N-methyl/N-ethyl adjacent to an activating group) is 1. The van der Waals surface area contributed by atoms with Crippen molar-refractivity contribution in [2.75, 3.05) is 20.6 Å². The predicted molar refractivity (Wildman–Crippen MR) is 77.8 cm³/mol. The SMILES string of the molecule is CN1CCC[C@@H]1N(C)C1C2CCC(C)(C1O)C2(C)C. The van der Waals surface area contributed by atoms with E-state index < -0.39 is 0 Å². The molecule has 3 heteroatoms. The topological polar surface area (TPSA) is 26.7 Å². The molecule has 4 unspecified atom stereocenters. The first-order valence-electron chi connectivity index (χ1n) is 7.91. The fourth-order valence-electron chi connectivity index (χ4n) is 5.40. The standard InChI is InChI=1S/C16H30N2O/c1-15(2)11-8-9-16(15,3)14(19)13(11)18(5)12-7-6-10-17(12)4/h11-14,19H,6-10H2,1-5H3/t11?,12-,13?,14?,16?/m0/s1. The van der Waals surface area contributed by atoms with Gasteiger partial charge in [0, 0.05) is 11.5 Å². The highest BCUT2D eigenvalue weighted by molar-refractivity contribution is 5.17. The zero-order chi connectivity index (χ0) is 14.0. The fourth-order valence-corrected chi connectivity index (χ4v) is 5.40. The van der Waals surface area contributed by atoms with Crippen molar-refractivity contribution in [1.29, 1.82) is 0 Å². The lowest BCUT2D eigenvalue weighted by molar-refractivity contribution is -0.0493. The van der Waals surface area contributed by atoms with Crippen LogP contribution in [0.3, 0.4) is 0 Å².